The summed E-state index contributed by atoms with van der Waals surface area (Å²) in [4.78, 5) is 12.7. The highest BCUT2D eigenvalue weighted by Gasteiger charge is 2.16. The minimum Gasteiger partial charge on any atom is -0.497 e. The summed E-state index contributed by atoms with van der Waals surface area (Å²) in [6.07, 6.45) is 1.65. The van der Waals surface area contributed by atoms with Gasteiger partial charge in [0, 0.05) is 6.08 Å². The standard InChI is InChI=1S/C24H23NO2/c1-18(19-9-5-3-6-10-19)17-23(26)25-24(20-11-7-4-8-12-20)21-13-15-22(27-2)16-14-21/h3-17,24H,1-2H3,(H,25,26)/b18-17+/t24-/m1/s1. The zero-order valence-corrected chi connectivity index (χ0v) is 15.6. The second kappa shape index (κ2) is 8.86. The molecule has 136 valence electrons. The van der Waals surface area contributed by atoms with Gasteiger partial charge in [0.15, 0.2) is 0 Å². The van der Waals surface area contributed by atoms with E-state index in [0.29, 0.717) is 0 Å². The Bertz CT molecular complexity index is 900. The highest BCUT2D eigenvalue weighted by atomic mass is 16.5. The topological polar surface area (TPSA) is 38.3 Å². The molecule has 0 aliphatic carbocycles. The molecule has 3 rings (SSSR count). The first-order valence-corrected chi connectivity index (χ1v) is 8.90. The predicted octanol–water partition coefficient (Wildman–Crippen LogP) is 5.00. The van der Waals surface area contributed by atoms with Gasteiger partial charge in [-0.05, 0) is 41.3 Å². The number of nitrogens with one attached hydrogen (secondary N) is 1. The van der Waals surface area contributed by atoms with E-state index in [4.69, 9.17) is 4.74 Å². The van der Waals surface area contributed by atoms with E-state index in [1.54, 1.807) is 13.2 Å². The maximum Gasteiger partial charge on any atom is 0.245 e. The normalized spacial score (nSPS) is 12.3. The van der Waals surface area contributed by atoms with Crippen molar-refractivity contribution >= 4 is 11.5 Å². The fraction of sp³-hybridized carbons (Fsp3) is 0.125. The van der Waals surface area contributed by atoms with Gasteiger partial charge in [-0.15, -0.1) is 0 Å². The Labute approximate surface area is 160 Å². The fourth-order valence-corrected chi connectivity index (χ4v) is 2.97. The van der Waals surface area contributed by atoms with E-state index in [-0.39, 0.29) is 11.9 Å². The number of carbonyl (C=O) groups is 1. The fourth-order valence-electron chi connectivity index (χ4n) is 2.97. The maximum atomic E-state index is 12.7. The van der Waals surface area contributed by atoms with E-state index in [0.717, 1.165) is 28.0 Å². The molecule has 0 aliphatic heterocycles. The van der Waals surface area contributed by atoms with Crippen LogP contribution in [0, 0.1) is 0 Å². The summed E-state index contributed by atoms with van der Waals surface area (Å²) in [7, 11) is 1.64. The van der Waals surface area contributed by atoms with E-state index in [1.807, 2.05) is 91.9 Å². The molecule has 0 saturated heterocycles. The Balaban J connectivity index is 1.86. The Morgan fingerprint density at radius 3 is 2.00 bits per heavy atom. The van der Waals surface area contributed by atoms with Crippen LogP contribution in [0.5, 0.6) is 5.75 Å². The molecule has 0 bridgehead atoms. The number of allylic oxidation sites excluding steroid dienone is 1. The number of benzene rings is 3. The molecule has 27 heavy (non-hydrogen) atoms. The lowest BCUT2D eigenvalue weighted by Gasteiger charge is -2.19. The molecule has 1 atom stereocenters. The lowest BCUT2D eigenvalue weighted by Crippen LogP contribution is -2.27. The summed E-state index contributed by atoms with van der Waals surface area (Å²) in [6.45, 7) is 1.94. The summed E-state index contributed by atoms with van der Waals surface area (Å²) < 4.78 is 5.24. The number of hydrogen-bond acceptors (Lipinski definition) is 2. The van der Waals surface area contributed by atoms with Crippen LogP contribution in [0.2, 0.25) is 0 Å². The van der Waals surface area contributed by atoms with E-state index in [2.05, 4.69) is 5.32 Å². The van der Waals surface area contributed by atoms with Gasteiger partial charge in [-0.25, -0.2) is 0 Å². The summed E-state index contributed by atoms with van der Waals surface area (Å²) >= 11 is 0. The molecular weight excluding hydrogens is 334 g/mol. The number of rotatable bonds is 6. The van der Waals surface area contributed by atoms with E-state index >= 15 is 0 Å². The highest BCUT2D eigenvalue weighted by Crippen LogP contribution is 2.24. The van der Waals surface area contributed by atoms with Gasteiger partial charge in [-0.3, -0.25) is 4.79 Å². The van der Waals surface area contributed by atoms with Crippen LogP contribution in [0.3, 0.4) is 0 Å². The van der Waals surface area contributed by atoms with Crippen molar-refractivity contribution in [2.24, 2.45) is 0 Å². The lowest BCUT2D eigenvalue weighted by molar-refractivity contribution is -0.116. The zero-order chi connectivity index (χ0) is 19.1. The minimum atomic E-state index is -0.232. The van der Waals surface area contributed by atoms with E-state index < -0.39 is 0 Å². The third kappa shape index (κ3) is 4.85. The molecule has 1 N–H and O–H groups in total. The molecule has 0 unspecified atom stereocenters. The average molecular weight is 357 g/mol. The van der Waals surface area contributed by atoms with Crippen LogP contribution in [0.4, 0.5) is 0 Å². The molecule has 0 radical (unpaired) electrons. The SMILES string of the molecule is COc1ccc([C@H](NC(=O)/C=C(\C)c2ccccc2)c2ccccc2)cc1. The second-order valence-electron chi connectivity index (χ2n) is 6.32. The van der Waals surface area contributed by atoms with Crippen LogP contribution in [0.25, 0.3) is 5.57 Å². The number of amides is 1. The van der Waals surface area contributed by atoms with E-state index in [9.17, 15) is 4.79 Å². The highest BCUT2D eigenvalue weighted by molar-refractivity contribution is 5.95. The monoisotopic (exact) mass is 357 g/mol. The first kappa shape index (κ1) is 18.5. The Morgan fingerprint density at radius 1 is 0.852 bits per heavy atom. The average Bonchev–Trinajstić information content (AvgIpc) is 2.73. The van der Waals surface area contributed by atoms with Crippen LogP contribution in [0.15, 0.2) is 91.0 Å². The van der Waals surface area contributed by atoms with Gasteiger partial charge in [0.25, 0.3) is 0 Å². The molecule has 3 aromatic rings. The van der Waals surface area contributed by atoms with Crippen molar-refractivity contribution < 1.29 is 9.53 Å². The number of hydrogen-bond donors (Lipinski definition) is 1. The van der Waals surface area contributed by atoms with Gasteiger partial charge in [0.05, 0.1) is 13.2 Å². The Morgan fingerprint density at radius 2 is 1.41 bits per heavy atom. The van der Waals surface area contributed by atoms with Crippen LogP contribution >= 0.6 is 0 Å². The molecule has 0 aromatic heterocycles. The summed E-state index contributed by atoms with van der Waals surface area (Å²) in [6, 6.07) is 27.4. The van der Waals surface area contributed by atoms with Crippen molar-refractivity contribution in [3.63, 3.8) is 0 Å². The first-order chi connectivity index (χ1) is 13.2. The van der Waals surface area contributed by atoms with Crippen molar-refractivity contribution in [2.75, 3.05) is 7.11 Å². The summed E-state index contributed by atoms with van der Waals surface area (Å²) in [5.41, 5.74) is 3.99. The Hall–Kier alpha value is -3.33. The molecule has 0 fully saturated rings. The van der Waals surface area contributed by atoms with Crippen molar-refractivity contribution in [1.29, 1.82) is 0 Å². The molecule has 0 spiro atoms. The molecule has 1 amide bonds. The quantitative estimate of drug-likeness (QED) is 0.630. The van der Waals surface area contributed by atoms with Crippen molar-refractivity contribution in [1.82, 2.24) is 5.32 Å². The van der Waals surface area contributed by atoms with E-state index in [1.165, 1.54) is 0 Å². The molecule has 0 saturated carbocycles. The zero-order valence-electron chi connectivity index (χ0n) is 15.6. The third-order valence-corrected chi connectivity index (χ3v) is 4.45. The van der Waals surface area contributed by atoms with Gasteiger partial charge < -0.3 is 10.1 Å². The van der Waals surface area contributed by atoms with Crippen LogP contribution < -0.4 is 10.1 Å². The molecule has 0 aliphatic rings. The van der Waals surface area contributed by atoms with Crippen molar-refractivity contribution in [3.05, 3.63) is 108 Å². The first-order valence-electron chi connectivity index (χ1n) is 8.90. The van der Waals surface area contributed by atoms with Crippen LogP contribution in [-0.2, 0) is 4.79 Å². The van der Waals surface area contributed by atoms with Gasteiger partial charge in [0.1, 0.15) is 5.75 Å². The van der Waals surface area contributed by atoms with Gasteiger partial charge in [-0.2, -0.15) is 0 Å². The van der Waals surface area contributed by atoms with Gasteiger partial charge >= 0.3 is 0 Å². The van der Waals surface area contributed by atoms with Crippen molar-refractivity contribution in [3.8, 4) is 5.75 Å². The van der Waals surface area contributed by atoms with Gasteiger partial charge in [-0.1, -0.05) is 72.8 Å². The predicted molar refractivity (Wildman–Crippen MR) is 110 cm³/mol. The number of ether oxygens (including phenoxy) is 1. The number of carbonyl (C=O) groups excluding carboxylic acids is 1. The molecule has 3 nitrogen and oxygen atoms in total. The van der Waals surface area contributed by atoms with Crippen LogP contribution in [0.1, 0.15) is 29.7 Å². The Kier molecular flexibility index (Phi) is 6.06. The summed E-state index contributed by atoms with van der Waals surface area (Å²) in [5, 5.41) is 3.13. The number of methoxy groups -OCH3 is 1. The smallest absolute Gasteiger partial charge is 0.245 e. The van der Waals surface area contributed by atoms with Crippen molar-refractivity contribution in [2.45, 2.75) is 13.0 Å². The van der Waals surface area contributed by atoms with Gasteiger partial charge in [0.2, 0.25) is 5.91 Å². The van der Waals surface area contributed by atoms with Crippen LogP contribution in [-0.4, -0.2) is 13.0 Å². The molecular formula is C24H23NO2. The third-order valence-electron chi connectivity index (χ3n) is 4.45. The summed E-state index contributed by atoms with van der Waals surface area (Å²) in [5.74, 6) is 0.665. The minimum absolute atomic E-state index is 0.124. The maximum absolute atomic E-state index is 12.7. The molecule has 3 aromatic carbocycles. The molecule has 3 heteroatoms. The largest absolute Gasteiger partial charge is 0.497 e. The lowest BCUT2D eigenvalue weighted by atomic mass is 9.98. The second-order valence-corrected chi connectivity index (χ2v) is 6.32. The molecule has 0 heterocycles.